The molecule has 0 fully saturated rings. The van der Waals surface area contributed by atoms with Gasteiger partial charge in [0, 0.05) is 23.5 Å². The van der Waals surface area contributed by atoms with Gasteiger partial charge in [-0.1, -0.05) is 0 Å². The van der Waals surface area contributed by atoms with Gasteiger partial charge in [-0.15, -0.1) is 15.3 Å². The van der Waals surface area contributed by atoms with Crippen molar-refractivity contribution in [1.82, 2.24) is 0 Å². The van der Waals surface area contributed by atoms with E-state index < -0.39 is 78.6 Å². The molecule has 302 valence electrons. The number of nitrogens with zero attached hydrogens (tertiary/aromatic N) is 7. The number of nitrogen functional groups attached to an aromatic ring is 3. The number of rotatable bonds is 12. The van der Waals surface area contributed by atoms with Gasteiger partial charge in [0.05, 0.1) is 53.4 Å². The van der Waals surface area contributed by atoms with Crippen LogP contribution < -0.4 is 81.0 Å². The van der Waals surface area contributed by atoms with E-state index in [9.17, 15) is 49.6 Å². The summed E-state index contributed by atoms with van der Waals surface area (Å²) in [5, 5.41) is 44.4. The van der Waals surface area contributed by atoms with Gasteiger partial charge in [0.2, 0.25) is 0 Å². The summed E-state index contributed by atoms with van der Waals surface area (Å²) in [6.07, 6.45) is 0. The van der Waals surface area contributed by atoms with Crippen molar-refractivity contribution in [3.8, 4) is 5.75 Å². The smallest absolute Gasteiger partial charge is 0.744 e. The van der Waals surface area contributed by atoms with Crippen LogP contribution in [0.2, 0.25) is 0 Å². The fourth-order valence-electron chi connectivity index (χ4n) is 5.23. The third kappa shape index (κ3) is 11.3. The number of azo groups is 3. The number of non-ortho nitro benzene ring substituents is 1. The normalized spacial score (nSPS) is 12.1. The average molecular weight is 906 g/mol. The molecule has 27 heteroatoms. The maximum atomic E-state index is 13.1. The van der Waals surface area contributed by atoms with Crippen LogP contribution in [0.1, 0.15) is 0 Å². The van der Waals surface area contributed by atoms with Gasteiger partial charge in [-0.05, 0) is 96.4 Å². The van der Waals surface area contributed by atoms with E-state index in [0.29, 0.717) is 34.9 Å². The average Bonchev–Trinajstić information content (AvgIpc) is 3.16. The number of benzene rings is 6. The summed E-state index contributed by atoms with van der Waals surface area (Å²) in [6.45, 7) is 0. The van der Waals surface area contributed by atoms with E-state index in [0.717, 1.165) is 36.4 Å². The molecule has 6 aromatic rings. The van der Waals surface area contributed by atoms with Crippen LogP contribution in [0.15, 0.2) is 149 Å². The molecule has 0 aliphatic heterocycles. The molecule has 0 atom stereocenters. The first kappa shape index (κ1) is 48.2. The second kappa shape index (κ2) is 19.1. The topological polar surface area (TPSA) is 376 Å². The number of hydrogen-bond acceptors (Lipinski definition) is 20. The number of phenols is 1. The Morgan fingerprint density at radius 1 is 0.607 bits per heavy atom. The maximum Gasteiger partial charge on any atom is 1.00 e. The summed E-state index contributed by atoms with van der Waals surface area (Å²) < 4.78 is 102. The molecule has 6 rings (SSSR count). The number of nitro groups is 1. The minimum atomic E-state index is -5.49. The minimum Gasteiger partial charge on any atom is -0.744 e. The molecule has 0 heterocycles. The van der Waals surface area contributed by atoms with Crippen molar-refractivity contribution in [2.45, 2.75) is 14.7 Å². The van der Waals surface area contributed by atoms with E-state index in [1.54, 1.807) is 12.1 Å². The number of nitro benzene ring substituents is 1. The van der Waals surface area contributed by atoms with E-state index in [2.05, 4.69) is 35.4 Å². The van der Waals surface area contributed by atoms with Crippen molar-refractivity contribution < 1.29 is 104 Å². The summed E-state index contributed by atoms with van der Waals surface area (Å²) in [4.78, 5) is 7.74. The van der Waals surface area contributed by atoms with E-state index in [-0.39, 0.29) is 86.8 Å². The fraction of sp³-hybridized carbons (Fsp3) is 0. The first-order valence-electron chi connectivity index (χ1n) is 16.1. The zero-order chi connectivity index (χ0) is 42.9. The molecule has 8 N–H and O–H groups in total. The molecule has 0 amide bonds. The third-order valence-electron chi connectivity index (χ3n) is 8.04. The van der Waals surface area contributed by atoms with Gasteiger partial charge in [-0.3, -0.25) is 14.8 Å². The summed E-state index contributed by atoms with van der Waals surface area (Å²) in [6, 6.07) is 20.9. The number of sulfonamides is 1. The van der Waals surface area contributed by atoms with Crippen molar-refractivity contribution in [2.75, 3.05) is 21.9 Å². The predicted octanol–water partition coefficient (Wildman–Crippen LogP) is 1.06. The van der Waals surface area contributed by atoms with E-state index in [1.807, 2.05) is 0 Å². The van der Waals surface area contributed by atoms with Crippen LogP contribution in [0.3, 0.4) is 0 Å². The summed E-state index contributed by atoms with van der Waals surface area (Å²) in [7, 11) is -15.1. The number of anilines is 4. The van der Waals surface area contributed by atoms with Crippen molar-refractivity contribution in [3.63, 3.8) is 0 Å². The monoisotopic (exact) mass is 905 g/mol. The first-order chi connectivity index (χ1) is 27.7. The molecule has 0 unspecified atom stereocenters. The number of aromatic hydroxyl groups is 1. The first-order valence-corrected chi connectivity index (χ1v) is 20.4. The zero-order valence-electron chi connectivity index (χ0n) is 31.4. The summed E-state index contributed by atoms with van der Waals surface area (Å²) in [5.74, 6) is -1.09. The SMILES string of the molecule is Nc1ccc(N=Nc2ccc(NS(=O)(=O)c3ccc(N=Nc4c(S(=O)(=O)[O-])cc5cc(S(=O)(=O)[O-])c(N=Nc6ccc([N+](=O)[O-])cc6)c(N)c5c4O)cc3)cc2)c(N)c1.[Na+].[Na+]. The zero-order valence-corrected chi connectivity index (χ0v) is 37.9. The van der Waals surface area contributed by atoms with Crippen molar-refractivity contribution in [3.05, 3.63) is 113 Å². The molecule has 0 saturated heterocycles. The molecule has 0 saturated carbocycles. The summed E-state index contributed by atoms with van der Waals surface area (Å²) >= 11 is 0. The Morgan fingerprint density at radius 3 is 1.59 bits per heavy atom. The van der Waals surface area contributed by atoms with Crippen molar-refractivity contribution in [2.24, 2.45) is 30.7 Å². The molecule has 0 aliphatic rings. The van der Waals surface area contributed by atoms with Gasteiger partial charge in [0.1, 0.15) is 37.3 Å². The molecular formula is C34H25N11Na2O11S3. The van der Waals surface area contributed by atoms with Crippen LogP contribution in [0, 0.1) is 10.1 Å². The molecular weight excluding hydrogens is 881 g/mol. The van der Waals surface area contributed by atoms with E-state index in [4.69, 9.17) is 17.2 Å². The molecule has 0 aromatic heterocycles. The fourth-order valence-corrected chi connectivity index (χ4v) is 7.59. The molecule has 0 radical (unpaired) electrons. The van der Waals surface area contributed by atoms with Crippen LogP contribution in [0.5, 0.6) is 5.75 Å². The molecule has 0 aliphatic carbocycles. The predicted molar refractivity (Wildman–Crippen MR) is 211 cm³/mol. The van der Waals surface area contributed by atoms with Gasteiger partial charge in [0.25, 0.3) is 15.7 Å². The van der Waals surface area contributed by atoms with Gasteiger partial charge in [-0.25, -0.2) is 25.3 Å². The molecule has 22 nitrogen and oxygen atoms in total. The Kier molecular flexibility index (Phi) is 15.1. The summed E-state index contributed by atoms with van der Waals surface area (Å²) in [5.41, 5.74) is 16.5. The van der Waals surface area contributed by atoms with Crippen LogP contribution >= 0.6 is 0 Å². The van der Waals surface area contributed by atoms with Crippen LogP contribution in [-0.2, 0) is 30.3 Å². The van der Waals surface area contributed by atoms with Crippen molar-refractivity contribution >= 4 is 104 Å². The Hall–Kier alpha value is -5.45. The molecule has 0 bridgehead atoms. The quantitative estimate of drug-likeness (QED) is 0.0286. The van der Waals surface area contributed by atoms with Crippen LogP contribution in [0.4, 0.5) is 62.6 Å². The third-order valence-corrected chi connectivity index (χ3v) is 11.1. The number of hydrogen-bond donors (Lipinski definition) is 5. The number of nitrogens with one attached hydrogen (secondary N) is 1. The van der Waals surface area contributed by atoms with E-state index >= 15 is 0 Å². The molecule has 0 spiro atoms. The standard InChI is InChI=1S/C34H27N11O11S3.2Na/c35-19-1-14-27(26(36)17-19)41-38-20-2-4-23(5-3-20)44-57(49,50)25-12-8-22(9-13-25)40-43-33-29(59(54,55)56)16-18-15-28(58(51,52)53)32(31(37)30(18)34(33)46)42-39-21-6-10-24(11-7-21)45(47)48;;/h1-17,44,46H,35-37H2,(H,51,52,53)(H,54,55,56);;/q;2*+1/p-2. The van der Waals surface area contributed by atoms with Crippen LogP contribution in [0.25, 0.3) is 10.8 Å². The Balaban J connectivity index is 0.00000410. The molecule has 61 heavy (non-hydrogen) atoms. The molecule has 6 aromatic carbocycles. The Morgan fingerprint density at radius 2 is 1.08 bits per heavy atom. The second-order valence-corrected chi connectivity index (χ2v) is 16.4. The largest absolute Gasteiger partial charge is 1.00 e. The number of nitrogens with two attached hydrogens (primary N) is 3. The van der Waals surface area contributed by atoms with Gasteiger partial charge in [-0.2, -0.15) is 15.3 Å². The van der Waals surface area contributed by atoms with Crippen molar-refractivity contribution in [1.29, 1.82) is 0 Å². The van der Waals surface area contributed by atoms with Gasteiger partial charge in [0.15, 0.2) is 5.75 Å². The maximum absolute atomic E-state index is 13.1. The minimum absolute atomic E-state index is 0. The van der Waals surface area contributed by atoms with Gasteiger partial charge >= 0.3 is 59.1 Å². The number of phenolic OH excluding ortho intramolecular Hbond substituents is 1. The Bertz CT molecular complexity index is 3100. The Labute approximate surface area is 390 Å². The van der Waals surface area contributed by atoms with E-state index in [1.165, 1.54) is 42.5 Å². The van der Waals surface area contributed by atoms with Crippen LogP contribution in [-0.4, -0.2) is 44.4 Å². The number of fused-ring (bicyclic) bond motifs is 1. The second-order valence-electron chi connectivity index (χ2n) is 12.1. The van der Waals surface area contributed by atoms with Gasteiger partial charge < -0.3 is 31.4 Å².